The van der Waals surface area contributed by atoms with Crippen LogP contribution in [0.2, 0.25) is 0 Å². The van der Waals surface area contributed by atoms with Crippen molar-refractivity contribution in [3.63, 3.8) is 0 Å². The van der Waals surface area contributed by atoms with Gasteiger partial charge in [-0.3, -0.25) is 0 Å². The van der Waals surface area contributed by atoms with Gasteiger partial charge >= 0.3 is 0 Å². The lowest BCUT2D eigenvalue weighted by Crippen LogP contribution is -2.17. The van der Waals surface area contributed by atoms with Crippen molar-refractivity contribution < 1.29 is 4.74 Å². The fourth-order valence-electron chi connectivity index (χ4n) is 1.98. The molecule has 2 aromatic carbocycles. The minimum atomic E-state index is 0.189. The van der Waals surface area contributed by atoms with Crippen LogP contribution in [0.4, 0.5) is 0 Å². The first-order valence-corrected chi connectivity index (χ1v) is 7.63. The molecule has 0 fully saturated rings. The maximum absolute atomic E-state index is 5.80. The fourth-order valence-corrected chi connectivity index (χ4v) is 2.97. The lowest BCUT2D eigenvalue weighted by atomic mass is 9.82. The third kappa shape index (κ3) is 3.84. The standard InChI is InChI=1S/C17H19BrO/c1-17(2,12-13-18)14-8-10-16(11-9-14)19-15-6-4-3-5-7-15/h3-11H,12-13H2,1-2H3. The Labute approximate surface area is 123 Å². The van der Waals surface area contributed by atoms with Crippen LogP contribution in [0, 0.1) is 0 Å². The predicted octanol–water partition coefficient (Wildman–Crippen LogP) is 5.54. The summed E-state index contributed by atoms with van der Waals surface area (Å²) >= 11 is 3.52. The number of alkyl halides is 1. The molecule has 100 valence electrons. The second-order valence-corrected chi connectivity index (χ2v) is 6.06. The second kappa shape index (κ2) is 6.25. The molecule has 0 atom stereocenters. The molecule has 0 N–H and O–H groups in total. The Bertz CT molecular complexity index is 503. The summed E-state index contributed by atoms with van der Waals surface area (Å²) in [6, 6.07) is 18.2. The lowest BCUT2D eigenvalue weighted by molar-refractivity contribution is 0.479. The van der Waals surface area contributed by atoms with E-state index in [-0.39, 0.29) is 5.41 Å². The van der Waals surface area contributed by atoms with Gasteiger partial charge in [0, 0.05) is 5.33 Å². The van der Waals surface area contributed by atoms with Gasteiger partial charge in [-0.1, -0.05) is 60.1 Å². The van der Waals surface area contributed by atoms with Gasteiger partial charge in [-0.05, 0) is 41.7 Å². The van der Waals surface area contributed by atoms with Crippen LogP contribution in [-0.4, -0.2) is 5.33 Å². The summed E-state index contributed by atoms with van der Waals surface area (Å²) in [7, 11) is 0. The molecule has 2 rings (SSSR count). The molecule has 19 heavy (non-hydrogen) atoms. The molecule has 0 radical (unpaired) electrons. The summed E-state index contributed by atoms with van der Waals surface area (Å²) in [5, 5.41) is 1.02. The molecular weight excluding hydrogens is 300 g/mol. The van der Waals surface area contributed by atoms with Gasteiger partial charge in [0.2, 0.25) is 0 Å². The van der Waals surface area contributed by atoms with Crippen molar-refractivity contribution in [2.24, 2.45) is 0 Å². The van der Waals surface area contributed by atoms with Crippen molar-refractivity contribution in [2.75, 3.05) is 5.33 Å². The van der Waals surface area contributed by atoms with Crippen molar-refractivity contribution in [1.82, 2.24) is 0 Å². The first-order valence-electron chi connectivity index (χ1n) is 6.51. The Hall–Kier alpha value is -1.28. The smallest absolute Gasteiger partial charge is 0.127 e. The first kappa shape index (κ1) is 14.1. The zero-order valence-corrected chi connectivity index (χ0v) is 13.0. The van der Waals surface area contributed by atoms with Crippen molar-refractivity contribution in [2.45, 2.75) is 25.7 Å². The maximum atomic E-state index is 5.80. The zero-order valence-electron chi connectivity index (χ0n) is 11.4. The van der Waals surface area contributed by atoms with E-state index in [9.17, 15) is 0 Å². The molecule has 0 spiro atoms. The minimum Gasteiger partial charge on any atom is -0.457 e. The van der Waals surface area contributed by atoms with E-state index in [1.807, 2.05) is 42.5 Å². The molecule has 0 heterocycles. The van der Waals surface area contributed by atoms with Gasteiger partial charge in [-0.2, -0.15) is 0 Å². The van der Waals surface area contributed by atoms with Crippen LogP contribution in [0.1, 0.15) is 25.8 Å². The van der Waals surface area contributed by atoms with E-state index in [2.05, 4.69) is 41.9 Å². The summed E-state index contributed by atoms with van der Waals surface area (Å²) < 4.78 is 5.80. The summed E-state index contributed by atoms with van der Waals surface area (Å²) in [6.07, 6.45) is 1.12. The summed E-state index contributed by atoms with van der Waals surface area (Å²) in [4.78, 5) is 0. The Morgan fingerprint density at radius 1 is 0.895 bits per heavy atom. The second-order valence-electron chi connectivity index (χ2n) is 5.26. The van der Waals surface area contributed by atoms with Crippen LogP contribution in [0.15, 0.2) is 54.6 Å². The number of para-hydroxylation sites is 1. The Morgan fingerprint density at radius 3 is 2.05 bits per heavy atom. The van der Waals surface area contributed by atoms with Crippen molar-refractivity contribution in [1.29, 1.82) is 0 Å². The number of halogens is 1. The first-order chi connectivity index (χ1) is 9.12. The SMILES string of the molecule is CC(C)(CCBr)c1ccc(Oc2ccccc2)cc1. The third-order valence-electron chi connectivity index (χ3n) is 3.33. The van der Waals surface area contributed by atoms with E-state index < -0.39 is 0 Å². The van der Waals surface area contributed by atoms with E-state index in [1.54, 1.807) is 0 Å². The third-order valence-corrected chi connectivity index (χ3v) is 3.73. The monoisotopic (exact) mass is 318 g/mol. The van der Waals surface area contributed by atoms with Gasteiger partial charge in [0.25, 0.3) is 0 Å². The predicted molar refractivity (Wildman–Crippen MR) is 84.4 cm³/mol. The molecule has 2 aromatic rings. The van der Waals surface area contributed by atoms with Gasteiger partial charge in [-0.15, -0.1) is 0 Å². The number of hydrogen-bond donors (Lipinski definition) is 0. The van der Waals surface area contributed by atoms with E-state index in [0.717, 1.165) is 23.2 Å². The topological polar surface area (TPSA) is 9.23 Å². The highest BCUT2D eigenvalue weighted by atomic mass is 79.9. The number of rotatable bonds is 5. The summed E-state index contributed by atoms with van der Waals surface area (Å²) in [5.74, 6) is 1.75. The van der Waals surface area contributed by atoms with Crippen LogP contribution >= 0.6 is 15.9 Å². The van der Waals surface area contributed by atoms with Crippen LogP contribution in [0.3, 0.4) is 0 Å². The highest BCUT2D eigenvalue weighted by Crippen LogP contribution is 2.30. The van der Waals surface area contributed by atoms with Crippen molar-refractivity contribution >= 4 is 15.9 Å². The van der Waals surface area contributed by atoms with Crippen LogP contribution in [0.25, 0.3) is 0 Å². The number of ether oxygens (including phenoxy) is 1. The molecule has 0 aliphatic carbocycles. The van der Waals surface area contributed by atoms with E-state index >= 15 is 0 Å². The maximum Gasteiger partial charge on any atom is 0.127 e. The Morgan fingerprint density at radius 2 is 1.47 bits per heavy atom. The highest BCUT2D eigenvalue weighted by Gasteiger charge is 2.19. The fraction of sp³-hybridized carbons (Fsp3) is 0.294. The van der Waals surface area contributed by atoms with Crippen LogP contribution in [-0.2, 0) is 5.41 Å². The molecule has 1 nitrogen and oxygen atoms in total. The minimum absolute atomic E-state index is 0.189. The molecular formula is C17H19BrO. The highest BCUT2D eigenvalue weighted by molar-refractivity contribution is 9.09. The number of benzene rings is 2. The lowest BCUT2D eigenvalue weighted by Gasteiger charge is -2.24. The quantitative estimate of drug-likeness (QED) is 0.657. The van der Waals surface area contributed by atoms with Gasteiger partial charge < -0.3 is 4.74 Å². The largest absolute Gasteiger partial charge is 0.457 e. The van der Waals surface area contributed by atoms with Gasteiger partial charge in [0.05, 0.1) is 0 Å². The summed E-state index contributed by atoms with van der Waals surface area (Å²) in [6.45, 7) is 4.53. The molecule has 0 amide bonds. The Balaban J connectivity index is 2.11. The Kier molecular flexibility index (Phi) is 4.65. The van der Waals surface area contributed by atoms with Gasteiger partial charge in [0.15, 0.2) is 0 Å². The normalized spacial score (nSPS) is 11.3. The average molecular weight is 319 g/mol. The molecule has 0 saturated carbocycles. The van der Waals surface area contributed by atoms with Crippen LogP contribution in [0.5, 0.6) is 11.5 Å². The number of hydrogen-bond acceptors (Lipinski definition) is 1. The molecule has 0 aromatic heterocycles. The van der Waals surface area contributed by atoms with Crippen molar-refractivity contribution in [3.8, 4) is 11.5 Å². The van der Waals surface area contributed by atoms with Gasteiger partial charge in [-0.25, -0.2) is 0 Å². The van der Waals surface area contributed by atoms with E-state index in [1.165, 1.54) is 5.56 Å². The van der Waals surface area contributed by atoms with Crippen molar-refractivity contribution in [3.05, 3.63) is 60.2 Å². The molecule has 0 bridgehead atoms. The molecule has 0 unspecified atom stereocenters. The molecule has 0 aliphatic rings. The average Bonchev–Trinajstić information content (AvgIpc) is 2.40. The summed E-state index contributed by atoms with van der Waals surface area (Å²) in [5.41, 5.74) is 1.53. The van der Waals surface area contributed by atoms with E-state index in [4.69, 9.17) is 4.74 Å². The van der Waals surface area contributed by atoms with E-state index in [0.29, 0.717) is 0 Å². The zero-order chi connectivity index (χ0) is 13.7. The molecule has 0 aliphatic heterocycles. The van der Waals surface area contributed by atoms with Gasteiger partial charge in [0.1, 0.15) is 11.5 Å². The molecule has 2 heteroatoms. The molecule has 0 saturated heterocycles. The van der Waals surface area contributed by atoms with Crippen LogP contribution < -0.4 is 4.74 Å².